The van der Waals surface area contributed by atoms with Crippen LogP contribution in [0.4, 0.5) is 4.79 Å². The Labute approximate surface area is 154 Å². The normalized spacial score (nSPS) is 14.0. The van der Waals surface area contributed by atoms with Crippen LogP contribution in [-0.4, -0.2) is 33.8 Å². The van der Waals surface area contributed by atoms with Gasteiger partial charge in [-0.3, -0.25) is 4.90 Å². The third-order valence-corrected chi connectivity index (χ3v) is 4.76. The molecule has 1 aromatic heterocycles. The number of ether oxygens (including phenoxy) is 1. The molecule has 1 amide bonds. The molecule has 0 aliphatic heterocycles. The number of carbonyl (C=O) groups is 1. The predicted molar refractivity (Wildman–Crippen MR) is 102 cm³/mol. The van der Waals surface area contributed by atoms with Crippen LogP contribution in [0.2, 0.25) is 0 Å². The maximum Gasteiger partial charge on any atom is 0.410 e. The van der Waals surface area contributed by atoms with E-state index >= 15 is 0 Å². The van der Waals surface area contributed by atoms with Crippen molar-refractivity contribution in [1.82, 2.24) is 4.90 Å². The topological polar surface area (TPSA) is 49.8 Å². The van der Waals surface area contributed by atoms with Gasteiger partial charge >= 0.3 is 6.09 Å². The summed E-state index contributed by atoms with van der Waals surface area (Å²) < 4.78 is 5.56. The number of carbonyl (C=O) groups excluding carboxylic acids is 1. The summed E-state index contributed by atoms with van der Waals surface area (Å²) >= 11 is 1.61. The predicted octanol–water partition coefficient (Wildman–Crippen LogP) is 4.48. The van der Waals surface area contributed by atoms with Gasteiger partial charge in [0.2, 0.25) is 0 Å². The van der Waals surface area contributed by atoms with Gasteiger partial charge < -0.3 is 9.84 Å². The SMILES string of the molecule is C[C@@H](C(O)Cc1cccs1)N(Cc1ccccc1)C(=O)OC(C)(C)C. The Morgan fingerprint density at radius 2 is 1.88 bits per heavy atom. The molecule has 0 aliphatic carbocycles. The Kier molecular flexibility index (Phi) is 6.62. The largest absolute Gasteiger partial charge is 0.444 e. The van der Waals surface area contributed by atoms with Crippen molar-refractivity contribution in [3.05, 3.63) is 58.3 Å². The third-order valence-electron chi connectivity index (χ3n) is 3.86. The minimum atomic E-state index is -0.658. The molecule has 0 saturated heterocycles. The molecule has 0 bridgehead atoms. The lowest BCUT2D eigenvalue weighted by atomic mass is 10.1. The Balaban J connectivity index is 2.15. The van der Waals surface area contributed by atoms with E-state index in [2.05, 4.69) is 0 Å². The van der Waals surface area contributed by atoms with Gasteiger partial charge in [-0.15, -0.1) is 11.3 Å². The van der Waals surface area contributed by atoms with Gasteiger partial charge in [0, 0.05) is 17.8 Å². The highest BCUT2D eigenvalue weighted by atomic mass is 32.1. The number of aliphatic hydroxyl groups is 1. The van der Waals surface area contributed by atoms with Crippen LogP contribution < -0.4 is 0 Å². The molecule has 2 rings (SSSR count). The highest BCUT2D eigenvalue weighted by molar-refractivity contribution is 7.09. The van der Waals surface area contributed by atoms with Crippen molar-refractivity contribution in [3.8, 4) is 0 Å². The van der Waals surface area contributed by atoms with E-state index in [1.807, 2.05) is 75.5 Å². The van der Waals surface area contributed by atoms with Crippen molar-refractivity contribution >= 4 is 17.4 Å². The lowest BCUT2D eigenvalue weighted by Gasteiger charge is -2.34. The zero-order valence-electron chi connectivity index (χ0n) is 15.3. The maximum absolute atomic E-state index is 12.7. The minimum Gasteiger partial charge on any atom is -0.444 e. The summed E-state index contributed by atoms with van der Waals surface area (Å²) in [7, 11) is 0. The summed E-state index contributed by atoms with van der Waals surface area (Å²) in [5, 5.41) is 12.6. The van der Waals surface area contributed by atoms with Crippen LogP contribution >= 0.6 is 11.3 Å². The Morgan fingerprint density at radius 3 is 2.44 bits per heavy atom. The average Bonchev–Trinajstić information content (AvgIpc) is 3.04. The van der Waals surface area contributed by atoms with Crippen molar-refractivity contribution in [1.29, 1.82) is 0 Å². The van der Waals surface area contributed by atoms with Crippen LogP contribution in [0, 0.1) is 0 Å². The van der Waals surface area contributed by atoms with E-state index in [1.165, 1.54) is 0 Å². The summed E-state index contributed by atoms with van der Waals surface area (Å²) in [6, 6.07) is 13.4. The number of thiophene rings is 1. The summed E-state index contributed by atoms with van der Waals surface area (Å²) in [5.41, 5.74) is 0.424. The van der Waals surface area contributed by atoms with Crippen molar-refractivity contribution in [2.24, 2.45) is 0 Å². The number of amides is 1. The third kappa shape index (κ3) is 6.18. The Hall–Kier alpha value is -1.85. The molecular formula is C20H27NO3S. The van der Waals surface area contributed by atoms with Crippen LogP contribution in [0.3, 0.4) is 0 Å². The monoisotopic (exact) mass is 361 g/mol. The number of aliphatic hydroxyl groups excluding tert-OH is 1. The van der Waals surface area contributed by atoms with E-state index < -0.39 is 17.8 Å². The summed E-state index contributed by atoms with van der Waals surface area (Å²) in [6.45, 7) is 7.80. The molecule has 2 aromatic rings. The number of rotatable bonds is 6. The van der Waals surface area contributed by atoms with Gasteiger partial charge in [0.1, 0.15) is 5.60 Å². The molecule has 2 atom stereocenters. The molecule has 0 fully saturated rings. The first-order chi connectivity index (χ1) is 11.8. The van der Waals surface area contributed by atoms with Gasteiger partial charge in [-0.05, 0) is 44.7 Å². The molecule has 0 spiro atoms. The maximum atomic E-state index is 12.7. The number of benzene rings is 1. The molecule has 1 unspecified atom stereocenters. The molecule has 1 heterocycles. The fourth-order valence-corrected chi connectivity index (χ4v) is 3.24. The average molecular weight is 362 g/mol. The summed E-state index contributed by atoms with van der Waals surface area (Å²) in [6.07, 6.45) is -0.545. The first-order valence-electron chi connectivity index (χ1n) is 8.50. The van der Waals surface area contributed by atoms with E-state index in [0.29, 0.717) is 13.0 Å². The molecular weight excluding hydrogens is 334 g/mol. The first kappa shape index (κ1) is 19.5. The molecule has 0 saturated carbocycles. The first-order valence-corrected chi connectivity index (χ1v) is 9.38. The van der Waals surface area contributed by atoms with E-state index in [-0.39, 0.29) is 6.04 Å². The zero-order chi connectivity index (χ0) is 18.4. The van der Waals surface area contributed by atoms with Crippen molar-refractivity contribution in [3.63, 3.8) is 0 Å². The number of hydrogen-bond acceptors (Lipinski definition) is 4. The lowest BCUT2D eigenvalue weighted by molar-refractivity contribution is -0.00465. The Morgan fingerprint density at radius 1 is 1.20 bits per heavy atom. The van der Waals surface area contributed by atoms with Crippen LogP contribution in [0.5, 0.6) is 0 Å². The van der Waals surface area contributed by atoms with E-state index in [9.17, 15) is 9.90 Å². The molecule has 0 aliphatic rings. The van der Waals surface area contributed by atoms with Crippen molar-refractivity contribution in [2.75, 3.05) is 0 Å². The fraction of sp³-hybridized carbons (Fsp3) is 0.450. The molecule has 25 heavy (non-hydrogen) atoms. The highest BCUT2D eigenvalue weighted by Gasteiger charge is 2.30. The van der Waals surface area contributed by atoms with Gasteiger partial charge in [-0.2, -0.15) is 0 Å². The molecule has 1 N–H and O–H groups in total. The Bertz CT molecular complexity index is 649. The zero-order valence-corrected chi connectivity index (χ0v) is 16.1. The summed E-state index contributed by atoms with van der Waals surface area (Å²) in [4.78, 5) is 15.4. The fourth-order valence-electron chi connectivity index (χ4n) is 2.49. The van der Waals surface area contributed by atoms with Crippen LogP contribution in [0.15, 0.2) is 47.8 Å². The standard InChI is InChI=1S/C20H27NO3S/c1-15(18(22)13-17-11-8-12-25-17)21(19(23)24-20(2,3)4)14-16-9-6-5-7-10-16/h5-12,15,18,22H,13-14H2,1-4H3/t15-,18?/m0/s1. The van der Waals surface area contributed by atoms with E-state index in [1.54, 1.807) is 16.2 Å². The van der Waals surface area contributed by atoms with Crippen LogP contribution in [0.25, 0.3) is 0 Å². The van der Waals surface area contributed by atoms with Gasteiger partial charge in [-0.1, -0.05) is 36.4 Å². The van der Waals surface area contributed by atoms with E-state index in [0.717, 1.165) is 10.4 Å². The lowest BCUT2D eigenvalue weighted by Crippen LogP contribution is -2.47. The van der Waals surface area contributed by atoms with Gasteiger partial charge in [-0.25, -0.2) is 4.79 Å². The second-order valence-electron chi connectivity index (χ2n) is 7.19. The van der Waals surface area contributed by atoms with Gasteiger partial charge in [0.15, 0.2) is 0 Å². The smallest absolute Gasteiger partial charge is 0.410 e. The van der Waals surface area contributed by atoms with Crippen LogP contribution in [-0.2, 0) is 17.7 Å². The molecule has 1 aromatic carbocycles. The van der Waals surface area contributed by atoms with E-state index in [4.69, 9.17) is 4.74 Å². The van der Waals surface area contributed by atoms with Gasteiger partial charge in [0.05, 0.1) is 12.1 Å². The number of hydrogen-bond donors (Lipinski definition) is 1. The molecule has 5 heteroatoms. The minimum absolute atomic E-state index is 0.364. The quantitative estimate of drug-likeness (QED) is 0.825. The highest BCUT2D eigenvalue weighted by Crippen LogP contribution is 2.20. The second kappa shape index (κ2) is 8.50. The second-order valence-corrected chi connectivity index (χ2v) is 8.22. The molecule has 4 nitrogen and oxygen atoms in total. The van der Waals surface area contributed by atoms with Gasteiger partial charge in [0.25, 0.3) is 0 Å². The summed E-state index contributed by atoms with van der Waals surface area (Å²) in [5.74, 6) is 0. The molecule has 0 radical (unpaired) electrons. The molecule has 136 valence electrons. The van der Waals surface area contributed by atoms with Crippen molar-refractivity contribution < 1.29 is 14.6 Å². The van der Waals surface area contributed by atoms with Crippen molar-refractivity contribution in [2.45, 2.75) is 58.4 Å². The number of nitrogens with zero attached hydrogens (tertiary/aromatic N) is 1. The van der Waals surface area contributed by atoms with Crippen LogP contribution in [0.1, 0.15) is 38.1 Å².